The third-order valence-electron chi connectivity index (χ3n) is 14.3. The number of aliphatic carboxylic acids is 1. The maximum Gasteiger partial charge on any atom is 0.300 e. The third-order valence-corrected chi connectivity index (χ3v) is 14.3. The molecule has 0 unspecified atom stereocenters. The van der Waals surface area contributed by atoms with Gasteiger partial charge < -0.3 is 65.2 Å². The second-order valence-corrected chi connectivity index (χ2v) is 21.8. The van der Waals surface area contributed by atoms with E-state index in [2.05, 4.69) is 36.6 Å². The molecule has 412 valence electrons. The van der Waals surface area contributed by atoms with Gasteiger partial charge in [-0.05, 0) is 89.2 Å². The predicted octanol–water partition coefficient (Wildman–Crippen LogP) is 5.35. The fourth-order valence-electron chi connectivity index (χ4n) is 9.62. The van der Waals surface area contributed by atoms with Crippen molar-refractivity contribution in [2.75, 3.05) is 26.4 Å². The van der Waals surface area contributed by atoms with Gasteiger partial charge in [0.1, 0.15) is 42.2 Å². The molecule has 2 amide bonds. The molecule has 6 fully saturated rings. The van der Waals surface area contributed by atoms with Crippen LogP contribution in [-0.4, -0.2) is 155 Å². The van der Waals surface area contributed by atoms with E-state index in [-0.39, 0.29) is 78.6 Å². The van der Waals surface area contributed by atoms with Crippen LogP contribution in [-0.2, 0) is 47.6 Å². The molecule has 6 rings (SSSR count). The number of ketones is 1. The zero-order valence-electron chi connectivity index (χ0n) is 45.2. The Kier molecular flexibility index (Phi) is 24.4. The summed E-state index contributed by atoms with van der Waals surface area (Å²) in [5.41, 5.74) is 6.77. The first-order chi connectivity index (χ1) is 34.4. The summed E-state index contributed by atoms with van der Waals surface area (Å²) in [7, 11) is 0. The van der Waals surface area contributed by atoms with Gasteiger partial charge in [0.05, 0.1) is 61.9 Å². The minimum Gasteiger partial charge on any atom is -0.481 e. The number of carbonyl (C=O) groups excluding carboxylic acids is 3. The first-order valence-corrected chi connectivity index (χ1v) is 26.3. The summed E-state index contributed by atoms with van der Waals surface area (Å²) in [5.74, 6) is 0.0402. The van der Waals surface area contributed by atoms with Crippen LogP contribution in [0.1, 0.15) is 121 Å². The molecule has 0 radical (unpaired) electrons. The van der Waals surface area contributed by atoms with Crippen molar-refractivity contribution in [1.29, 1.82) is 0 Å². The van der Waals surface area contributed by atoms with Gasteiger partial charge in [-0.25, -0.2) is 0 Å². The number of carboxylic acids is 1. The molecule has 6 aliphatic rings. The largest absolute Gasteiger partial charge is 0.481 e. The van der Waals surface area contributed by atoms with Gasteiger partial charge in [-0.1, -0.05) is 101 Å². The normalized spacial score (nSPS) is 36.6. The van der Waals surface area contributed by atoms with Crippen molar-refractivity contribution in [3.05, 3.63) is 71.9 Å². The molecular formula is C56H89N3O14. The molecule has 6 saturated heterocycles. The van der Waals surface area contributed by atoms with E-state index in [1.807, 2.05) is 91.8 Å². The molecule has 17 nitrogen and oxygen atoms in total. The average Bonchev–Trinajstić information content (AvgIpc) is 4.27. The van der Waals surface area contributed by atoms with Crippen molar-refractivity contribution in [2.24, 2.45) is 29.4 Å². The SMILES string of the molecule is CC(/C=C/[C@H]1O[C@H](CC(=O)CO)C[C@@]2(CO2)[C@@H]1O)=C\C[C@@H]1O[C@H](C)[C@H](NC(=O)/C=C\C(C)C)C[C@@H]1C.CC(/C=C/[C@H]1O[C@H](CN)C[C@@]2(CO2)[C@@H]1O)=C\C[C@@H]1O[C@H](C)[C@H](NC(=O)/C=C\C(C)C)C[C@@H]1C.CC(=O)O. The predicted molar refractivity (Wildman–Crippen MR) is 278 cm³/mol. The lowest BCUT2D eigenvalue weighted by molar-refractivity contribution is -0.145. The van der Waals surface area contributed by atoms with E-state index in [1.54, 1.807) is 12.2 Å². The molecule has 16 atom stereocenters. The van der Waals surface area contributed by atoms with E-state index in [0.717, 1.165) is 43.8 Å². The number of hydrogen-bond donors (Lipinski definition) is 7. The Morgan fingerprint density at radius 1 is 0.658 bits per heavy atom. The third kappa shape index (κ3) is 20.0. The lowest BCUT2D eigenvalue weighted by Gasteiger charge is -2.39. The minimum absolute atomic E-state index is 0.0157. The quantitative estimate of drug-likeness (QED) is 0.0518. The Balaban J connectivity index is 0.000000296. The summed E-state index contributed by atoms with van der Waals surface area (Å²) in [6.45, 7) is 22.5. The number of aliphatic hydroxyl groups excluding tert-OH is 3. The van der Waals surface area contributed by atoms with Gasteiger partial charge in [0.2, 0.25) is 11.8 Å². The average molecular weight is 1030 g/mol. The Bertz CT molecular complexity index is 1980. The van der Waals surface area contributed by atoms with Crippen LogP contribution in [0.3, 0.4) is 0 Å². The Hall–Kier alpha value is -3.88. The molecule has 6 heterocycles. The second kappa shape index (κ2) is 28.9. The van der Waals surface area contributed by atoms with Crippen molar-refractivity contribution in [3.63, 3.8) is 0 Å². The van der Waals surface area contributed by atoms with Crippen LogP contribution < -0.4 is 16.4 Å². The van der Waals surface area contributed by atoms with E-state index in [1.165, 1.54) is 0 Å². The standard InChI is InChI=1S/C28H43NO7.C26H42N2O5.C2H4O2/c1-17(2)6-11-26(32)29-23-12-19(4)24(35-20(23)5)9-7-18(3)8-10-25-27(33)28(16-34-28)14-22(36-25)13-21(31)15-30;1-16(2)6-11-24(29)28-21-12-18(4)22(32-19(21)5)9-7-17(3)8-10-23-25(30)26(15-31-26)13-20(14-27)33-23;1-2(3)4/h6-8,10-11,17,19-20,22-25,27,30,33H,9,12-16H2,1-5H3,(H,29,32);6-8,10-11,16,18-23,25,30H,9,12-15,27H2,1-5H3,(H,28,29);1H3,(H,3,4)/b10-8+,11-6-,18-7+;10-8+,11-6-,17-7+;/t19-,20+,22+,23+,24-,25+,27+,28+;18-,19+,20-,21+,22-,23+,25+,26+;/m00./s1. The fraction of sp³-hybridized carbons (Fsp3) is 0.714. The summed E-state index contributed by atoms with van der Waals surface area (Å²) in [5, 5.41) is 44.0. The maximum atomic E-state index is 12.2. The lowest BCUT2D eigenvalue weighted by atomic mass is 9.87. The van der Waals surface area contributed by atoms with E-state index in [4.69, 9.17) is 49.2 Å². The number of hydrogen-bond acceptors (Lipinski definition) is 14. The van der Waals surface area contributed by atoms with Gasteiger partial charge in [0, 0.05) is 32.7 Å². The highest BCUT2D eigenvalue weighted by Gasteiger charge is 2.59. The van der Waals surface area contributed by atoms with Gasteiger partial charge in [-0.2, -0.15) is 0 Å². The van der Waals surface area contributed by atoms with Crippen LogP contribution in [0, 0.1) is 23.7 Å². The van der Waals surface area contributed by atoms with Gasteiger partial charge in [0.25, 0.3) is 5.97 Å². The molecule has 0 aliphatic carbocycles. The lowest BCUT2D eigenvalue weighted by Crippen LogP contribution is -2.51. The van der Waals surface area contributed by atoms with Crippen molar-refractivity contribution in [2.45, 2.75) is 205 Å². The number of rotatable bonds is 18. The molecule has 0 aromatic heterocycles. The van der Waals surface area contributed by atoms with Crippen molar-refractivity contribution in [1.82, 2.24) is 10.6 Å². The Labute approximate surface area is 434 Å². The first kappa shape index (κ1) is 61.7. The number of nitrogens with one attached hydrogen (secondary N) is 2. The van der Waals surface area contributed by atoms with E-state index in [0.29, 0.717) is 50.4 Å². The van der Waals surface area contributed by atoms with E-state index >= 15 is 0 Å². The molecule has 8 N–H and O–H groups in total. The number of carbonyl (C=O) groups is 4. The number of ether oxygens (including phenoxy) is 6. The van der Waals surface area contributed by atoms with Crippen molar-refractivity contribution >= 4 is 23.6 Å². The number of nitrogens with two attached hydrogens (primary N) is 1. The van der Waals surface area contributed by atoms with E-state index < -0.39 is 48.2 Å². The second-order valence-electron chi connectivity index (χ2n) is 21.8. The maximum absolute atomic E-state index is 12.2. The zero-order valence-corrected chi connectivity index (χ0v) is 45.2. The minimum atomic E-state index is -0.833. The molecule has 0 aromatic rings. The number of amides is 2. The van der Waals surface area contributed by atoms with E-state index in [9.17, 15) is 24.6 Å². The fourth-order valence-corrected chi connectivity index (χ4v) is 9.62. The molecule has 17 heteroatoms. The van der Waals surface area contributed by atoms with Crippen LogP contribution in [0.4, 0.5) is 0 Å². The summed E-state index contributed by atoms with van der Waals surface area (Å²) in [6, 6.07) is 0.000948. The number of carboxylic acid groups (broad SMARTS) is 1. The summed E-state index contributed by atoms with van der Waals surface area (Å²) in [6.07, 6.45) is 20.5. The van der Waals surface area contributed by atoms with Crippen molar-refractivity contribution in [3.8, 4) is 0 Å². The molecule has 0 aromatic carbocycles. The van der Waals surface area contributed by atoms with Crippen LogP contribution in [0.2, 0.25) is 0 Å². The first-order valence-electron chi connectivity index (χ1n) is 26.3. The van der Waals surface area contributed by atoms with Gasteiger partial charge >= 0.3 is 0 Å². The summed E-state index contributed by atoms with van der Waals surface area (Å²) < 4.78 is 35.5. The van der Waals surface area contributed by atoms with Gasteiger partial charge in [-0.3, -0.25) is 19.2 Å². The molecule has 6 aliphatic heterocycles. The highest BCUT2D eigenvalue weighted by atomic mass is 16.6. The number of Topliss-reactive ketones (excluding diaryl/α,β-unsaturated/α-hetero) is 1. The van der Waals surface area contributed by atoms with Crippen LogP contribution in [0.25, 0.3) is 0 Å². The summed E-state index contributed by atoms with van der Waals surface area (Å²) >= 11 is 0. The topological polar surface area (TPSA) is 261 Å². The molecule has 0 saturated carbocycles. The van der Waals surface area contributed by atoms with Crippen LogP contribution in [0.15, 0.2) is 71.9 Å². The monoisotopic (exact) mass is 1030 g/mol. The molecule has 73 heavy (non-hydrogen) atoms. The Morgan fingerprint density at radius 3 is 1.40 bits per heavy atom. The van der Waals surface area contributed by atoms with Gasteiger partial charge in [-0.15, -0.1) is 0 Å². The molecule has 0 bridgehead atoms. The number of allylic oxidation sites excluding steroid dienone is 6. The van der Waals surface area contributed by atoms with Crippen LogP contribution in [0.5, 0.6) is 0 Å². The Morgan fingerprint density at radius 2 is 1.04 bits per heavy atom. The highest BCUT2D eigenvalue weighted by molar-refractivity contribution is 5.88. The number of aliphatic hydroxyl groups is 3. The molecular weight excluding hydrogens is 939 g/mol. The zero-order chi connectivity index (χ0) is 54.2. The van der Waals surface area contributed by atoms with Crippen LogP contribution >= 0.6 is 0 Å². The summed E-state index contributed by atoms with van der Waals surface area (Å²) in [4.78, 5) is 45.0. The smallest absolute Gasteiger partial charge is 0.300 e. The van der Waals surface area contributed by atoms with Crippen molar-refractivity contribution < 1.29 is 68.0 Å². The highest BCUT2D eigenvalue weighted by Crippen LogP contribution is 2.44. The number of epoxide rings is 2. The molecule has 2 spiro atoms. The van der Waals surface area contributed by atoms with Gasteiger partial charge in [0.15, 0.2) is 5.78 Å².